The number of carbonyl (C=O) groups excluding carboxylic acids is 1. The van der Waals surface area contributed by atoms with Crippen molar-refractivity contribution in [2.75, 3.05) is 33.2 Å². The van der Waals surface area contributed by atoms with E-state index in [-0.39, 0.29) is 42.9 Å². The van der Waals surface area contributed by atoms with E-state index in [0.29, 0.717) is 18.9 Å². The molecule has 1 amide bonds. The Kier molecular flexibility index (Phi) is 9.90. The molecule has 0 bridgehead atoms. The Morgan fingerprint density at radius 3 is 2.46 bits per heavy atom. The Morgan fingerprint density at radius 2 is 1.88 bits per heavy atom. The molecule has 148 valence electrons. The van der Waals surface area contributed by atoms with Crippen LogP contribution in [0.15, 0.2) is 30.3 Å². The highest BCUT2D eigenvalue weighted by atomic mass is 35.5. The van der Waals surface area contributed by atoms with E-state index in [2.05, 4.69) is 40.5 Å². The SMILES string of the molecule is CN(CC1CCN(Cc2ccccc2)CC1)C(=O)[C@@H]1C[C@@H](O)CN1.Cl.Cl. The van der Waals surface area contributed by atoms with Gasteiger partial charge in [-0.05, 0) is 43.8 Å². The average Bonchev–Trinajstić information content (AvgIpc) is 3.03. The molecule has 0 radical (unpaired) electrons. The van der Waals surface area contributed by atoms with Gasteiger partial charge in [-0.3, -0.25) is 9.69 Å². The summed E-state index contributed by atoms with van der Waals surface area (Å²) in [6.45, 7) is 4.57. The predicted octanol–water partition coefficient (Wildman–Crippen LogP) is 1.92. The first-order valence-corrected chi connectivity index (χ1v) is 9.04. The smallest absolute Gasteiger partial charge is 0.239 e. The predicted molar refractivity (Wildman–Crippen MR) is 109 cm³/mol. The lowest BCUT2D eigenvalue weighted by atomic mass is 9.95. The quantitative estimate of drug-likeness (QED) is 0.788. The van der Waals surface area contributed by atoms with E-state index in [1.54, 1.807) is 0 Å². The highest BCUT2D eigenvalue weighted by molar-refractivity contribution is 5.85. The number of likely N-dealkylation sites (N-methyl/N-ethyl adjacent to an activating group) is 1. The molecular formula is C19H31Cl2N3O2. The van der Waals surface area contributed by atoms with Crippen molar-refractivity contribution in [3.05, 3.63) is 35.9 Å². The van der Waals surface area contributed by atoms with Gasteiger partial charge < -0.3 is 15.3 Å². The van der Waals surface area contributed by atoms with E-state index >= 15 is 0 Å². The lowest BCUT2D eigenvalue weighted by Gasteiger charge is -2.34. The van der Waals surface area contributed by atoms with Crippen molar-refractivity contribution in [3.63, 3.8) is 0 Å². The molecule has 2 aliphatic heterocycles. The van der Waals surface area contributed by atoms with Gasteiger partial charge in [0.25, 0.3) is 0 Å². The van der Waals surface area contributed by atoms with Crippen LogP contribution in [0, 0.1) is 5.92 Å². The summed E-state index contributed by atoms with van der Waals surface area (Å²) in [6, 6.07) is 10.4. The van der Waals surface area contributed by atoms with Crippen molar-refractivity contribution in [3.8, 4) is 0 Å². The van der Waals surface area contributed by atoms with Crippen LogP contribution in [0.4, 0.5) is 0 Å². The molecule has 2 atom stereocenters. The molecule has 3 rings (SSSR count). The van der Waals surface area contributed by atoms with Gasteiger partial charge >= 0.3 is 0 Å². The number of hydrogen-bond acceptors (Lipinski definition) is 4. The number of likely N-dealkylation sites (tertiary alicyclic amines) is 1. The summed E-state index contributed by atoms with van der Waals surface area (Å²) in [5, 5.41) is 12.7. The Labute approximate surface area is 168 Å². The van der Waals surface area contributed by atoms with Gasteiger partial charge in [-0.1, -0.05) is 30.3 Å². The molecule has 26 heavy (non-hydrogen) atoms. The van der Waals surface area contributed by atoms with Crippen molar-refractivity contribution in [1.29, 1.82) is 0 Å². The number of rotatable bonds is 5. The number of nitrogens with zero attached hydrogens (tertiary/aromatic N) is 2. The van der Waals surface area contributed by atoms with E-state index in [1.807, 2.05) is 11.9 Å². The fourth-order valence-corrected chi connectivity index (χ4v) is 3.82. The monoisotopic (exact) mass is 403 g/mol. The summed E-state index contributed by atoms with van der Waals surface area (Å²) >= 11 is 0. The zero-order valence-electron chi connectivity index (χ0n) is 15.3. The largest absolute Gasteiger partial charge is 0.392 e. The highest BCUT2D eigenvalue weighted by Crippen LogP contribution is 2.20. The fourth-order valence-electron chi connectivity index (χ4n) is 3.82. The van der Waals surface area contributed by atoms with Crippen molar-refractivity contribution in [1.82, 2.24) is 15.1 Å². The second kappa shape index (κ2) is 11.1. The van der Waals surface area contributed by atoms with Crippen LogP contribution in [-0.2, 0) is 11.3 Å². The van der Waals surface area contributed by atoms with Crippen LogP contribution in [0.2, 0.25) is 0 Å². The number of benzene rings is 1. The first-order valence-electron chi connectivity index (χ1n) is 9.04. The molecule has 5 nitrogen and oxygen atoms in total. The summed E-state index contributed by atoms with van der Waals surface area (Å²) in [4.78, 5) is 16.8. The van der Waals surface area contributed by atoms with Gasteiger partial charge in [-0.25, -0.2) is 0 Å². The molecule has 0 unspecified atom stereocenters. The molecular weight excluding hydrogens is 373 g/mol. The van der Waals surface area contributed by atoms with Crippen molar-refractivity contribution in [2.45, 2.75) is 38.0 Å². The Hall–Kier alpha value is -0.850. The molecule has 0 spiro atoms. The number of halogens is 2. The number of aliphatic hydroxyl groups is 1. The van der Waals surface area contributed by atoms with Crippen molar-refractivity contribution >= 4 is 30.7 Å². The minimum atomic E-state index is -0.381. The van der Waals surface area contributed by atoms with Crippen LogP contribution in [0.25, 0.3) is 0 Å². The van der Waals surface area contributed by atoms with Gasteiger partial charge in [-0.2, -0.15) is 0 Å². The second-order valence-electron chi connectivity index (χ2n) is 7.27. The van der Waals surface area contributed by atoms with Crippen LogP contribution in [0.1, 0.15) is 24.8 Å². The first-order chi connectivity index (χ1) is 11.6. The third-order valence-electron chi connectivity index (χ3n) is 5.27. The van der Waals surface area contributed by atoms with Crippen LogP contribution in [-0.4, -0.2) is 66.2 Å². The summed E-state index contributed by atoms with van der Waals surface area (Å²) in [5.41, 5.74) is 1.37. The van der Waals surface area contributed by atoms with E-state index < -0.39 is 0 Å². The van der Waals surface area contributed by atoms with E-state index in [4.69, 9.17) is 0 Å². The Morgan fingerprint density at radius 1 is 1.23 bits per heavy atom. The molecule has 2 aliphatic rings. The summed E-state index contributed by atoms with van der Waals surface area (Å²) in [5.74, 6) is 0.704. The molecule has 1 aromatic rings. The molecule has 2 fully saturated rings. The summed E-state index contributed by atoms with van der Waals surface area (Å²) in [6.07, 6.45) is 2.45. The van der Waals surface area contributed by atoms with Crippen LogP contribution in [0.3, 0.4) is 0 Å². The molecule has 7 heteroatoms. The molecule has 2 saturated heterocycles. The van der Waals surface area contributed by atoms with Crippen LogP contribution >= 0.6 is 24.8 Å². The maximum absolute atomic E-state index is 12.4. The zero-order valence-corrected chi connectivity index (χ0v) is 17.0. The first kappa shape index (κ1) is 23.2. The molecule has 0 aromatic heterocycles. The van der Waals surface area contributed by atoms with Gasteiger partial charge in [0.1, 0.15) is 0 Å². The molecule has 2 N–H and O–H groups in total. The molecule has 0 saturated carbocycles. The molecule has 2 heterocycles. The third kappa shape index (κ3) is 6.39. The minimum absolute atomic E-state index is 0. The maximum Gasteiger partial charge on any atom is 0.239 e. The standard InChI is InChI=1S/C19H29N3O2.2ClH/c1-21(19(24)18-11-17(23)12-20-18)13-16-7-9-22(10-8-16)14-15-5-3-2-4-6-15;;/h2-6,16-18,20,23H,7-14H2,1H3;2*1H/t17-,18+;;/m1../s1. The summed E-state index contributed by atoms with van der Waals surface area (Å²) in [7, 11) is 1.89. The lowest BCUT2D eigenvalue weighted by molar-refractivity contribution is -0.132. The number of hydrogen-bond donors (Lipinski definition) is 2. The van der Waals surface area contributed by atoms with Crippen molar-refractivity contribution < 1.29 is 9.90 Å². The van der Waals surface area contributed by atoms with E-state index in [0.717, 1.165) is 39.0 Å². The van der Waals surface area contributed by atoms with Crippen molar-refractivity contribution in [2.24, 2.45) is 5.92 Å². The molecule has 0 aliphatic carbocycles. The highest BCUT2D eigenvalue weighted by Gasteiger charge is 2.31. The van der Waals surface area contributed by atoms with Gasteiger partial charge in [0.05, 0.1) is 12.1 Å². The van der Waals surface area contributed by atoms with Crippen LogP contribution < -0.4 is 5.32 Å². The van der Waals surface area contributed by atoms with Gasteiger partial charge in [0, 0.05) is 26.7 Å². The topological polar surface area (TPSA) is 55.8 Å². The van der Waals surface area contributed by atoms with Gasteiger partial charge in [0.15, 0.2) is 0 Å². The van der Waals surface area contributed by atoms with Gasteiger partial charge in [-0.15, -0.1) is 24.8 Å². The number of carbonyl (C=O) groups is 1. The minimum Gasteiger partial charge on any atom is -0.392 e. The normalized spacial score (nSPS) is 23.8. The van der Waals surface area contributed by atoms with E-state index in [9.17, 15) is 9.90 Å². The number of nitrogens with one attached hydrogen (secondary N) is 1. The third-order valence-corrected chi connectivity index (χ3v) is 5.27. The number of piperidine rings is 1. The molecule has 1 aromatic carbocycles. The number of amides is 1. The van der Waals surface area contributed by atoms with Crippen LogP contribution in [0.5, 0.6) is 0 Å². The number of β-amino-alcohol motifs (C(OH)–C–C–N with tert-alkyl or cyclic N) is 1. The Bertz CT molecular complexity index is 539. The van der Waals surface area contributed by atoms with Gasteiger partial charge in [0.2, 0.25) is 5.91 Å². The lowest BCUT2D eigenvalue weighted by Crippen LogP contribution is -2.45. The number of aliphatic hydroxyl groups excluding tert-OH is 1. The summed E-state index contributed by atoms with van der Waals surface area (Å²) < 4.78 is 0. The maximum atomic E-state index is 12.4. The van der Waals surface area contributed by atoms with E-state index in [1.165, 1.54) is 5.56 Å². The Balaban J connectivity index is 0.00000169. The second-order valence-corrected chi connectivity index (χ2v) is 7.27. The average molecular weight is 404 g/mol. The fraction of sp³-hybridized carbons (Fsp3) is 0.632. The zero-order chi connectivity index (χ0) is 16.9.